The quantitative estimate of drug-likeness (QED) is 0.149. The van der Waals surface area contributed by atoms with Gasteiger partial charge in [-0.2, -0.15) is 0 Å². The molecule has 6 rings (SSSR count). The minimum absolute atomic E-state index is 0.167. The molecule has 0 aromatic heterocycles. The van der Waals surface area contributed by atoms with Gasteiger partial charge in [-0.3, -0.25) is 0 Å². The van der Waals surface area contributed by atoms with Crippen LogP contribution in [0.3, 0.4) is 0 Å². The van der Waals surface area contributed by atoms with Gasteiger partial charge in [0.2, 0.25) is 0 Å². The molecule has 0 bridgehead atoms. The summed E-state index contributed by atoms with van der Waals surface area (Å²) in [4.78, 5) is 0. The zero-order chi connectivity index (χ0) is 30.4. The van der Waals surface area contributed by atoms with Gasteiger partial charge in [-0.15, -0.1) is 0 Å². The zero-order valence-electron chi connectivity index (χ0n) is 24.3. The Kier molecular flexibility index (Phi) is 8.39. The van der Waals surface area contributed by atoms with E-state index < -0.39 is 0 Å². The van der Waals surface area contributed by atoms with E-state index in [1.54, 1.807) is 0 Å². The van der Waals surface area contributed by atoms with Crippen LogP contribution in [-0.2, 0) is 5.41 Å². The smallest absolute Gasteiger partial charge is 0.127 e. The first-order valence-electron chi connectivity index (χ1n) is 14.0. The summed E-state index contributed by atoms with van der Waals surface area (Å²) < 4.78 is 11.8. The minimum atomic E-state index is -0.167. The molecule has 0 aliphatic rings. The summed E-state index contributed by atoms with van der Waals surface area (Å²) >= 11 is 0. The Labute approximate surface area is 252 Å². The summed E-state index contributed by atoms with van der Waals surface area (Å²) in [7, 11) is 0. The van der Waals surface area contributed by atoms with Crippen molar-refractivity contribution in [1.29, 1.82) is 0 Å². The molecule has 0 radical (unpaired) electrons. The normalized spacial score (nSPS) is 10.9. The Morgan fingerprint density at radius 3 is 0.977 bits per heavy atom. The van der Waals surface area contributed by atoms with E-state index >= 15 is 0 Å². The molecule has 6 aromatic carbocycles. The summed E-state index contributed by atoms with van der Waals surface area (Å²) in [6, 6.07) is 42.7. The first-order valence-corrected chi connectivity index (χ1v) is 14.0. The van der Waals surface area contributed by atoms with E-state index in [1.807, 2.05) is 109 Å². The van der Waals surface area contributed by atoms with Gasteiger partial charge in [-0.1, -0.05) is 50.2 Å². The van der Waals surface area contributed by atoms with E-state index in [4.69, 9.17) is 32.4 Å². The number of anilines is 4. The molecule has 0 aliphatic heterocycles. The van der Waals surface area contributed by atoms with Crippen LogP contribution in [0.25, 0.3) is 10.8 Å². The van der Waals surface area contributed by atoms with Gasteiger partial charge in [0.1, 0.15) is 23.0 Å². The van der Waals surface area contributed by atoms with Gasteiger partial charge in [0.05, 0.1) is 0 Å². The molecule has 0 saturated heterocycles. The highest BCUT2D eigenvalue weighted by molar-refractivity contribution is 5.87. The molecule has 6 nitrogen and oxygen atoms in total. The van der Waals surface area contributed by atoms with E-state index in [0.29, 0.717) is 11.4 Å². The Bertz CT molecular complexity index is 1660. The fourth-order valence-electron chi connectivity index (χ4n) is 4.67. The number of benzene rings is 6. The minimum Gasteiger partial charge on any atom is -0.457 e. The maximum absolute atomic E-state index is 5.91. The molecule has 0 spiro atoms. The van der Waals surface area contributed by atoms with Crippen molar-refractivity contribution in [2.45, 2.75) is 19.3 Å². The number of fused-ring (bicyclic) bond motifs is 1. The molecule has 0 amide bonds. The van der Waals surface area contributed by atoms with E-state index in [0.717, 1.165) is 45.1 Å². The van der Waals surface area contributed by atoms with E-state index in [1.165, 1.54) is 11.1 Å². The molecular formula is C37H36N4O2. The molecule has 8 N–H and O–H groups in total. The average Bonchev–Trinajstić information content (AvgIpc) is 3.00. The fourth-order valence-corrected chi connectivity index (χ4v) is 4.67. The monoisotopic (exact) mass is 568 g/mol. The molecule has 216 valence electrons. The van der Waals surface area contributed by atoms with Crippen LogP contribution in [0.5, 0.6) is 23.0 Å². The number of rotatable bonds is 6. The molecule has 0 heterocycles. The van der Waals surface area contributed by atoms with Crippen molar-refractivity contribution < 1.29 is 9.47 Å². The number of nitrogens with two attached hydrogens (primary N) is 4. The summed E-state index contributed by atoms with van der Waals surface area (Å²) in [6.07, 6.45) is 0. The van der Waals surface area contributed by atoms with Crippen molar-refractivity contribution in [3.8, 4) is 23.0 Å². The third kappa shape index (κ3) is 7.37. The Hall–Kier alpha value is -5.62. The van der Waals surface area contributed by atoms with E-state index in [9.17, 15) is 0 Å². The molecule has 6 aromatic rings. The lowest BCUT2D eigenvalue weighted by atomic mass is 9.78. The molecule has 0 saturated carbocycles. The predicted molar refractivity (Wildman–Crippen MR) is 180 cm³/mol. The third-order valence-corrected chi connectivity index (χ3v) is 7.27. The van der Waals surface area contributed by atoms with Crippen molar-refractivity contribution >= 4 is 33.5 Å². The van der Waals surface area contributed by atoms with Crippen molar-refractivity contribution in [3.63, 3.8) is 0 Å². The molecular weight excluding hydrogens is 532 g/mol. The second-order valence-electron chi connectivity index (χ2n) is 10.9. The maximum Gasteiger partial charge on any atom is 0.127 e. The molecule has 43 heavy (non-hydrogen) atoms. The van der Waals surface area contributed by atoms with E-state index in [2.05, 4.69) is 38.1 Å². The second kappa shape index (κ2) is 12.5. The Morgan fingerprint density at radius 1 is 0.372 bits per heavy atom. The predicted octanol–water partition coefficient (Wildman–Crippen LogP) is 8.77. The van der Waals surface area contributed by atoms with Gasteiger partial charge in [0.15, 0.2) is 0 Å². The van der Waals surface area contributed by atoms with Gasteiger partial charge in [-0.25, -0.2) is 0 Å². The molecule has 0 atom stereocenters. The highest BCUT2D eigenvalue weighted by atomic mass is 16.5. The van der Waals surface area contributed by atoms with Crippen LogP contribution in [0.2, 0.25) is 0 Å². The average molecular weight is 569 g/mol. The number of hydrogen-bond donors (Lipinski definition) is 4. The topological polar surface area (TPSA) is 123 Å². The molecule has 0 fully saturated rings. The summed E-state index contributed by atoms with van der Waals surface area (Å²) in [5.41, 5.74) is 28.0. The maximum atomic E-state index is 5.91. The lowest BCUT2D eigenvalue weighted by Gasteiger charge is -2.26. The first kappa shape index (κ1) is 28.9. The van der Waals surface area contributed by atoms with Gasteiger partial charge in [0, 0.05) is 28.2 Å². The van der Waals surface area contributed by atoms with E-state index in [-0.39, 0.29) is 5.41 Å². The number of hydrogen-bond acceptors (Lipinski definition) is 6. The summed E-state index contributed by atoms with van der Waals surface area (Å²) in [5, 5.41) is 2.26. The Morgan fingerprint density at radius 2 is 0.651 bits per heavy atom. The van der Waals surface area contributed by atoms with Crippen molar-refractivity contribution in [3.05, 3.63) is 145 Å². The highest BCUT2D eigenvalue weighted by Crippen LogP contribution is 2.35. The molecule has 0 unspecified atom stereocenters. The highest BCUT2D eigenvalue weighted by Gasteiger charge is 2.23. The van der Waals surface area contributed by atoms with Gasteiger partial charge in [-0.05, 0) is 119 Å². The van der Waals surface area contributed by atoms with Crippen LogP contribution < -0.4 is 32.4 Å². The van der Waals surface area contributed by atoms with Crippen molar-refractivity contribution in [2.24, 2.45) is 0 Å². The van der Waals surface area contributed by atoms with Gasteiger partial charge in [0.25, 0.3) is 0 Å². The largest absolute Gasteiger partial charge is 0.457 e. The van der Waals surface area contributed by atoms with Crippen molar-refractivity contribution in [1.82, 2.24) is 0 Å². The van der Waals surface area contributed by atoms with Gasteiger partial charge >= 0.3 is 0 Å². The second-order valence-corrected chi connectivity index (χ2v) is 10.9. The van der Waals surface area contributed by atoms with Crippen LogP contribution in [0, 0.1) is 0 Å². The summed E-state index contributed by atoms with van der Waals surface area (Å²) in [5.74, 6) is 3.10. The molecule has 0 aliphatic carbocycles. The lowest BCUT2D eigenvalue weighted by Crippen LogP contribution is -2.18. The van der Waals surface area contributed by atoms with Crippen molar-refractivity contribution in [2.75, 3.05) is 22.9 Å². The number of nitrogen functional groups attached to an aromatic ring is 4. The summed E-state index contributed by atoms with van der Waals surface area (Å²) in [6.45, 7) is 4.41. The fraction of sp³-hybridized carbons (Fsp3) is 0.0811. The Balaban J connectivity index is 0.000000255. The molecule has 6 heteroatoms. The number of ether oxygens (including phenoxy) is 2. The standard InChI is InChI=1S/C27H26N2O2.C10H10N2/c1-27(2,19-3-11-23(12-4-19)30-25-15-7-21(28)8-16-25)20-5-13-24(14-6-20)31-26-17-9-22(29)10-18-26;11-9-3-1-7-5-10(12)4-2-8(7)6-9/h3-18H,28-29H2,1-2H3;1-6H,11-12H2. The third-order valence-electron chi connectivity index (χ3n) is 7.27. The van der Waals surface area contributed by atoms with Gasteiger partial charge < -0.3 is 32.4 Å². The lowest BCUT2D eigenvalue weighted by molar-refractivity contribution is 0.481. The SMILES string of the molecule is CC(C)(c1ccc(Oc2ccc(N)cc2)cc1)c1ccc(Oc2ccc(N)cc2)cc1.Nc1ccc2cc(N)ccc2c1. The van der Waals surface area contributed by atoms with Crippen LogP contribution in [0.4, 0.5) is 22.7 Å². The van der Waals surface area contributed by atoms with Crippen LogP contribution in [-0.4, -0.2) is 0 Å². The van der Waals surface area contributed by atoms with Crippen LogP contribution >= 0.6 is 0 Å². The van der Waals surface area contributed by atoms with Crippen LogP contribution in [0.15, 0.2) is 133 Å². The zero-order valence-corrected chi connectivity index (χ0v) is 24.3. The van der Waals surface area contributed by atoms with Crippen LogP contribution in [0.1, 0.15) is 25.0 Å². The first-order chi connectivity index (χ1) is 20.7.